The van der Waals surface area contributed by atoms with E-state index in [1.165, 1.54) is 11.1 Å². The van der Waals surface area contributed by atoms with Gasteiger partial charge >= 0.3 is 0 Å². The molecule has 2 aliphatic heterocycles. The second kappa shape index (κ2) is 6.18. The van der Waals surface area contributed by atoms with Gasteiger partial charge in [-0.15, -0.1) is 0 Å². The van der Waals surface area contributed by atoms with Crippen LogP contribution in [0.3, 0.4) is 0 Å². The predicted molar refractivity (Wildman–Crippen MR) is 94.1 cm³/mol. The lowest BCUT2D eigenvalue weighted by Gasteiger charge is -2.44. The lowest BCUT2D eigenvalue weighted by atomic mass is 9.83. The van der Waals surface area contributed by atoms with Gasteiger partial charge in [-0.25, -0.2) is 0 Å². The van der Waals surface area contributed by atoms with Crippen molar-refractivity contribution >= 4 is 11.6 Å². The number of halogens is 1. The van der Waals surface area contributed by atoms with Crippen molar-refractivity contribution in [3.8, 4) is 5.75 Å². The monoisotopic (exact) mass is 327 g/mol. The fraction of sp³-hybridized carbons (Fsp3) is 0.400. The predicted octanol–water partition coefficient (Wildman–Crippen LogP) is 4.70. The Morgan fingerprint density at radius 3 is 2.57 bits per heavy atom. The molecule has 0 N–H and O–H groups in total. The summed E-state index contributed by atoms with van der Waals surface area (Å²) in [5, 5.41) is 0.806. The maximum Gasteiger partial charge on any atom is 0.123 e. The number of hydrogen-bond donors (Lipinski definition) is 0. The number of nitrogens with zero attached hydrogens (tertiary/aromatic N) is 1. The van der Waals surface area contributed by atoms with Crippen molar-refractivity contribution in [3.05, 3.63) is 64.7 Å². The first-order valence-corrected chi connectivity index (χ1v) is 8.84. The number of ether oxygens (including phenoxy) is 1. The lowest BCUT2D eigenvalue weighted by molar-refractivity contribution is -0.0163. The molecule has 2 aliphatic rings. The molecule has 0 saturated carbocycles. The fourth-order valence-electron chi connectivity index (χ4n) is 3.80. The van der Waals surface area contributed by atoms with Crippen molar-refractivity contribution in [3.63, 3.8) is 0 Å². The van der Waals surface area contributed by atoms with E-state index >= 15 is 0 Å². The number of likely N-dealkylation sites (tertiary alicyclic amines) is 1. The summed E-state index contributed by atoms with van der Waals surface area (Å²) in [5.41, 5.74) is 2.69. The third-order valence-corrected chi connectivity index (χ3v) is 5.45. The zero-order chi connectivity index (χ0) is 15.7. The van der Waals surface area contributed by atoms with Gasteiger partial charge in [0.05, 0.1) is 0 Å². The first kappa shape index (κ1) is 15.0. The van der Waals surface area contributed by atoms with Gasteiger partial charge < -0.3 is 4.74 Å². The highest BCUT2D eigenvalue weighted by atomic mass is 35.5. The van der Waals surface area contributed by atoms with E-state index in [-0.39, 0.29) is 5.60 Å². The number of rotatable bonds is 2. The molecular weight excluding hydrogens is 306 g/mol. The van der Waals surface area contributed by atoms with Crippen LogP contribution < -0.4 is 4.74 Å². The number of aryl methyl sites for hydroxylation is 1. The molecule has 0 amide bonds. The van der Waals surface area contributed by atoms with E-state index in [1.807, 2.05) is 18.2 Å². The van der Waals surface area contributed by atoms with Crippen LogP contribution in [0.25, 0.3) is 0 Å². The van der Waals surface area contributed by atoms with E-state index in [1.54, 1.807) is 0 Å². The van der Waals surface area contributed by atoms with E-state index in [0.717, 1.165) is 56.1 Å². The van der Waals surface area contributed by atoms with Crippen molar-refractivity contribution in [1.82, 2.24) is 4.90 Å². The van der Waals surface area contributed by atoms with Gasteiger partial charge in [0, 0.05) is 24.7 Å². The molecule has 4 rings (SSSR count). The van der Waals surface area contributed by atoms with Crippen molar-refractivity contribution < 1.29 is 4.74 Å². The minimum atomic E-state index is 0.0357. The molecule has 120 valence electrons. The van der Waals surface area contributed by atoms with Crippen LogP contribution in [0.1, 0.15) is 30.4 Å². The average molecular weight is 328 g/mol. The standard InChI is InChI=1S/C20H22ClNO/c21-18-6-7-19-17(14-18)8-9-20(23-19)10-12-22(13-11-20)15-16-4-2-1-3-5-16/h1-7,14H,8-13,15H2. The maximum absolute atomic E-state index is 6.43. The molecule has 2 nitrogen and oxygen atoms in total. The summed E-state index contributed by atoms with van der Waals surface area (Å²) in [6.45, 7) is 3.26. The molecule has 1 fully saturated rings. The van der Waals surface area contributed by atoms with Crippen LogP contribution in [0.4, 0.5) is 0 Å². The topological polar surface area (TPSA) is 12.5 Å². The number of piperidine rings is 1. The van der Waals surface area contributed by atoms with Crippen LogP contribution in [0.5, 0.6) is 5.75 Å². The Balaban J connectivity index is 1.40. The van der Waals surface area contributed by atoms with E-state index in [9.17, 15) is 0 Å². The summed E-state index contributed by atoms with van der Waals surface area (Å²) in [7, 11) is 0. The summed E-state index contributed by atoms with van der Waals surface area (Å²) in [4.78, 5) is 2.54. The van der Waals surface area contributed by atoms with Crippen molar-refractivity contribution in [2.24, 2.45) is 0 Å². The van der Waals surface area contributed by atoms with Crippen LogP contribution in [0.2, 0.25) is 5.02 Å². The molecule has 2 aromatic carbocycles. The highest BCUT2D eigenvalue weighted by Gasteiger charge is 2.39. The first-order valence-electron chi connectivity index (χ1n) is 8.46. The van der Waals surface area contributed by atoms with Gasteiger partial charge in [-0.2, -0.15) is 0 Å². The normalized spacial score (nSPS) is 20.0. The second-order valence-electron chi connectivity index (χ2n) is 6.80. The van der Waals surface area contributed by atoms with E-state index in [2.05, 4.69) is 35.2 Å². The molecular formula is C20H22ClNO. The van der Waals surface area contributed by atoms with Crippen LogP contribution in [0, 0.1) is 0 Å². The molecule has 0 bridgehead atoms. The van der Waals surface area contributed by atoms with Crippen LogP contribution in [-0.4, -0.2) is 23.6 Å². The minimum absolute atomic E-state index is 0.0357. The zero-order valence-electron chi connectivity index (χ0n) is 13.3. The maximum atomic E-state index is 6.43. The van der Waals surface area contributed by atoms with Crippen LogP contribution in [0.15, 0.2) is 48.5 Å². The van der Waals surface area contributed by atoms with Crippen LogP contribution >= 0.6 is 11.6 Å². The van der Waals surface area contributed by atoms with Gasteiger partial charge in [-0.3, -0.25) is 4.90 Å². The summed E-state index contributed by atoms with van der Waals surface area (Å²) in [5.74, 6) is 1.04. The summed E-state index contributed by atoms with van der Waals surface area (Å²) in [6.07, 6.45) is 4.41. The van der Waals surface area contributed by atoms with Crippen molar-refractivity contribution in [2.45, 2.75) is 37.8 Å². The van der Waals surface area contributed by atoms with Gasteiger partial charge in [0.25, 0.3) is 0 Å². The van der Waals surface area contributed by atoms with Gasteiger partial charge in [-0.1, -0.05) is 41.9 Å². The summed E-state index contributed by atoms with van der Waals surface area (Å²) >= 11 is 6.09. The quantitative estimate of drug-likeness (QED) is 0.792. The molecule has 0 atom stereocenters. The molecule has 2 heterocycles. The molecule has 1 spiro atoms. The molecule has 0 aliphatic carbocycles. The Kier molecular flexibility index (Phi) is 4.04. The number of fused-ring (bicyclic) bond motifs is 1. The van der Waals surface area contributed by atoms with E-state index < -0.39 is 0 Å². The number of benzene rings is 2. The zero-order valence-corrected chi connectivity index (χ0v) is 14.1. The molecule has 3 heteroatoms. The largest absolute Gasteiger partial charge is 0.487 e. The van der Waals surface area contributed by atoms with Gasteiger partial charge in [-0.05, 0) is 55.0 Å². The molecule has 0 unspecified atom stereocenters. The van der Waals surface area contributed by atoms with Gasteiger partial charge in [0.15, 0.2) is 0 Å². The fourth-order valence-corrected chi connectivity index (χ4v) is 4.00. The van der Waals surface area contributed by atoms with E-state index in [0.29, 0.717) is 0 Å². The highest BCUT2D eigenvalue weighted by Crippen LogP contribution is 2.40. The van der Waals surface area contributed by atoms with Crippen LogP contribution in [-0.2, 0) is 13.0 Å². The Bertz CT molecular complexity index is 677. The second-order valence-corrected chi connectivity index (χ2v) is 7.24. The van der Waals surface area contributed by atoms with E-state index in [4.69, 9.17) is 16.3 Å². The van der Waals surface area contributed by atoms with Gasteiger partial charge in [0.2, 0.25) is 0 Å². The lowest BCUT2D eigenvalue weighted by Crippen LogP contribution is -2.49. The highest BCUT2D eigenvalue weighted by molar-refractivity contribution is 6.30. The molecule has 1 saturated heterocycles. The molecule has 0 aromatic heterocycles. The average Bonchev–Trinajstić information content (AvgIpc) is 2.59. The van der Waals surface area contributed by atoms with Crippen molar-refractivity contribution in [1.29, 1.82) is 0 Å². The van der Waals surface area contributed by atoms with Gasteiger partial charge in [0.1, 0.15) is 11.4 Å². The minimum Gasteiger partial charge on any atom is -0.487 e. The Morgan fingerprint density at radius 2 is 1.78 bits per heavy atom. The Labute approximate surface area is 143 Å². The third-order valence-electron chi connectivity index (χ3n) is 5.22. The molecule has 2 aromatic rings. The smallest absolute Gasteiger partial charge is 0.123 e. The first-order chi connectivity index (χ1) is 11.2. The van der Waals surface area contributed by atoms with Crippen molar-refractivity contribution in [2.75, 3.05) is 13.1 Å². The Morgan fingerprint density at radius 1 is 1.00 bits per heavy atom. The SMILES string of the molecule is Clc1ccc2c(c1)CCC1(CCN(Cc3ccccc3)CC1)O2. The number of hydrogen-bond acceptors (Lipinski definition) is 2. The summed E-state index contributed by atoms with van der Waals surface area (Å²) < 4.78 is 6.43. The molecule has 0 radical (unpaired) electrons. The Hall–Kier alpha value is -1.51. The third kappa shape index (κ3) is 3.24. The molecule has 23 heavy (non-hydrogen) atoms. The summed E-state index contributed by atoms with van der Waals surface area (Å²) in [6, 6.07) is 16.8.